The number of hydrogen-bond donors (Lipinski definition) is 2. The number of amides is 2. The Kier molecular flexibility index (Phi) is 8.71. The van der Waals surface area contributed by atoms with Crippen LogP contribution in [0.1, 0.15) is 41.8 Å². The van der Waals surface area contributed by atoms with Crippen LogP contribution in [0.2, 0.25) is 0 Å². The number of carbonyl (C=O) groups excluding carboxylic acids is 2. The molecule has 2 amide bonds. The van der Waals surface area contributed by atoms with Gasteiger partial charge in [-0.15, -0.1) is 0 Å². The molecule has 0 aliphatic rings. The molecule has 6 nitrogen and oxygen atoms in total. The summed E-state index contributed by atoms with van der Waals surface area (Å²) in [7, 11) is 3.19. The van der Waals surface area contributed by atoms with Crippen LogP contribution in [0.3, 0.4) is 0 Å². The Balaban J connectivity index is 1.98. The number of nitrogens with one attached hydrogen (secondary N) is 2. The highest BCUT2D eigenvalue weighted by Crippen LogP contribution is 2.27. The number of methoxy groups -OCH3 is 2. The molecule has 1 unspecified atom stereocenters. The average Bonchev–Trinajstić information content (AvgIpc) is 2.72. The van der Waals surface area contributed by atoms with E-state index in [4.69, 9.17) is 9.47 Å². The van der Waals surface area contributed by atoms with Crippen molar-refractivity contribution in [3.05, 3.63) is 59.2 Å². The lowest BCUT2D eigenvalue weighted by Gasteiger charge is -2.21. The summed E-state index contributed by atoms with van der Waals surface area (Å²) in [5.74, 6) is 1.19. The Bertz CT molecular complexity index is 864. The van der Waals surface area contributed by atoms with Crippen LogP contribution in [0.15, 0.2) is 42.5 Å². The lowest BCUT2D eigenvalue weighted by molar-refractivity contribution is -0.123. The van der Waals surface area contributed by atoms with Gasteiger partial charge >= 0.3 is 0 Å². The second kappa shape index (κ2) is 11.2. The molecule has 0 saturated carbocycles. The molecule has 1 atom stereocenters. The molecule has 2 aromatic rings. The van der Waals surface area contributed by atoms with Gasteiger partial charge in [0.1, 0.15) is 6.04 Å². The van der Waals surface area contributed by atoms with Crippen molar-refractivity contribution in [2.45, 2.75) is 39.7 Å². The molecule has 162 valence electrons. The van der Waals surface area contributed by atoms with E-state index >= 15 is 0 Å². The molecule has 0 saturated heterocycles. The molecular weight excluding hydrogens is 380 g/mol. The summed E-state index contributed by atoms with van der Waals surface area (Å²) in [5.41, 5.74) is 2.49. The summed E-state index contributed by atoms with van der Waals surface area (Å²) in [6, 6.07) is 12.5. The third-order valence-corrected chi connectivity index (χ3v) is 4.88. The Hall–Kier alpha value is -3.02. The van der Waals surface area contributed by atoms with E-state index in [2.05, 4.69) is 10.6 Å². The first-order chi connectivity index (χ1) is 14.3. The fraction of sp³-hybridized carbons (Fsp3) is 0.417. The van der Waals surface area contributed by atoms with Crippen molar-refractivity contribution in [3.8, 4) is 11.5 Å². The van der Waals surface area contributed by atoms with E-state index < -0.39 is 6.04 Å². The maximum atomic E-state index is 12.8. The summed E-state index contributed by atoms with van der Waals surface area (Å²) in [4.78, 5) is 25.4. The van der Waals surface area contributed by atoms with Crippen LogP contribution in [0.5, 0.6) is 11.5 Å². The van der Waals surface area contributed by atoms with Crippen LogP contribution in [-0.4, -0.2) is 38.6 Å². The summed E-state index contributed by atoms with van der Waals surface area (Å²) in [5, 5.41) is 5.85. The molecule has 0 spiro atoms. The number of rotatable bonds is 10. The minimum atomic E-state index is -0.581. The third kappa shape index (κ3) is 6.51. The first-order valence-corrected chi connectivity index (χ1v) is 10.2. The van der Waals surface area contributed by atoms with E-state index in [0.29, 0.717) is 36.4 Å². The van der Waals surface area contributed by atoms with Gasteiger partial charge in [0.25, 0.3) is 5.91 Å². The molecule has 2 rings (SSSR count). The summed E-state index contributed by atoms with van der Waals surface area (Å²) in [6.45, 7) is 6.41. The number of carbonyl (C=O) groups is 2. The van der Waals surface area contributed by atoms with Crippen molar-refractivity contribution in [1.82, 2.24) is 10.6 Å². The van der Waals surface area contributed by atoms with Crippen LogP contribution in [0, 0.1) is 12.8 Å². The molecule has 0 radical (unpaired) electrons. The highest BCUT2D eigenvalue weighted by atomic mass is 16.5. The molecule has 0 heterocycles. The normalized spacial score (nSPS) is 11.7. The minimum Gasteiger partial charge on any atom is -0.493 e. The van der Waals surface area contributed by atoms with Gasteiger partial charge in [-0.2, -0.15) is 0 Å². The Morgan fingerprint density at radius 1 is 1.00 bits per heavy atom. The molecule has 2 N–H and O–H groups in total. The number of aryl methyl sites for hydroxylation is 1. The van der Waals surface area contributed by atoms with Crippen molar-refractivity contribution >= 4 is 11.8 Å². The van der Waals surface area contributed by atoms with Crippen LogP contribution in [0.25, 0.3) is 0 Å². The molecule has 30 heavy (non-hydrogen) atoms. The molecule has 0 aliphatic carbocycles. The molecular formula is C24H32N2O4. The van der Waals surface area contributed by atoms with Gasteiger partial charge < -0.3 is 20.1 Å². The van der Waals surface area contributed by atoms with Crippen LogP contribution in [0.4, 0.5) is 0 Å². The number of benzene rings is 2. The number of ether oxygens (including phenoxy) is 2. The largest absolute Gasteiger partial charge is 0.493 e. The standard InChI is InChI=1S/C24H32N2O4/c1-16(2)14-20(26-23(27)19-9-7-6-8-17(19)3)24(28)25-13-12-18-10-11-21(29-4)22(15-18)30-5/h6-11,15-16,20H,12-14H2,1-5H3,(H,25,28)(H,26,27). The molecule has 0 bridgehead atoms. The maximum Gasteiger partial charge on any atom is 0.252 e. The van der Waals surface area contributed by atoms with Gasteiger partial charge in [0, 0.05) is 12.1 Å². The van der Waals surface area contributed by atoms with Crippen molar-refractivity contribution in [2.75, 3.05) is 20.8 Å². The predicted octanol–water partition coefficient (Wildman–Crippen LogP) is 3.52. The van der Waals surface area contributed by atoms with E-state index in [-0.39, 0.29) is 17.7 Å². The quantitative estimate of drug-likeness (QED) is 0.626. The van der Waals surface area contributed by atoms with Crippen LogP contribution in [-0.2, 0) is 11.2 Å². The van der Waals surface area contributed by atoms with Crippen molar-refractivity contribution in [1.29, 1.82) is 0 Å². The molecule has 0 fully saturated rings. The molecule has 0 aliphatic heterocycles. The van der Waals surface area contributed by atoms with Gasteiger partial charge in [-0.25, -0.2) is 0 Å². The maximum absolute atomic E-state index is 12.8. The average molecular weight is 413 g/mol. The summed E-state index contributed by atoms with van der Waals surface area (Å²) < 4.78 is 10.6. The van der Waals surface area contributed by atoms with Crippen molar-refractivity contribution in [2.24, 2.45) is 5.92 Å². The zero-order chi connectivity index (χ0) is 22.1. The highest BCUT2D eigenvalue weighted by Gasteiger charge is 2.22. The van der Waals surface area contributed by atoms with E-state index in [1.165, 1.54) is 0 Å². The zero-order valence-electron chi connectivity index (χ0n) is 18.5. The fourth-order valence-corrected chi connectivity index (χ4v) is 3.26. The van der Waals surface area contributed by atoms with Crippen LogP contribution < -0.4 is 20.1 Å². The fourth-order valence-electron chi connectivity index (χ4n) is 3.26. The molecule has 6 heteroatoms. The van der Waals surface area contributed by atoms with E-state index in [1.807, 2.05) is 57.2 Å². The minimum absolute atomic E-state index is 0.175. The Morgan fingerprint density at radius 2 is 1.70 bits per heavy atom. The molecule has 0 aromatic heterocycles. The van der Waals surface area contributed by atoms with Crippen LogP contribution >= 0.6 is 0 Å². The highest BCUT2D eigenvalue weighted by molar-refractivity contribution is 5.98. The van der Waals surface area contributed by atoms with Gasteiger partial charge in [0.15, 0.2) is 11.5 Å². The SMILES string of the molecule is COc1ccc(CCNC(=O)C(CC(C)C)NC(=O)c2ccccc2C)cc1OC. The van der Waals surface area contributed by atoms with Gasteiger partial charge in [0.05, 0.1) is 14.2 Å². The first-order valence-electron chi connectivity index (χ1n) is 10.2. The van der Waals surface area contributed by atoms with Gasteiger partial charge in [-0.05, 0) is 55.0 Å². The van der Waals surface area contributed by atoms with Gasteiger partial charge in [-0.1, -0.05) is 38.1 Å². The second-order valence-corrected chi connectivity index (χ2v) is 7.70. The monoisotopic (exact) mass is 412 g/mol. The van der Waals surface area contributed by atoms with Gasteiger partial charge in [0.2, 0.25) is 5.91 Å². The number of hydrogen-bond acceptors (Lipinski definition) is 4. The van der Waals surface area contributed by atoms with E-state index in [0.717, 1.165) is 11.1 Å². The zero-order valence-corrected chi connectivity index (χ0v) is 18.5. The topological polar surface area (TPSA) is 76.7 Å². The first kappa shape index (κ1) is 23.3. The summed E-state index contributed by atoms with van der Waals surface area (Å²) in [6.07, 6.45) is 1.21. The smallest absolute Gasteiger partial charge is 0.252 e. The molecule has 2 aromatic carbocycles. The Labute approximate surface area is 179 Å². The van der Waals surface area contributed by atoms with E-state index in [1.54, 1.807) is 20.3 Å². The third-order valence-electron chi connectivity index (χ3n) is 4.88. The predicted molar refractivity (Wildman–Crippen MR) is 118 cm³/mol. The lowest BCUT2D eigenvalue weighted by atomic mass is 10.0. The van der Waals surface area contributed by atoms with E-state index in [9.17, 15) is 9.59 Å². The Morgan fingerprint density at radius 3 is 2.33 bits per heavy atom. The van der Waals surface area contributed by atoms with Crippen molar-refractivity contribution in [3.63, 3.8) is 0 Å². The summed E-state index contributed by atoms with van der Waals surface area (Å²) >= 11 is 0. The van der Waals surface area contributed by atoms with Crippen molar-refractivity contribution < 1.29 is 19.1 Å². The second-order valence-electron chi connectivity index (χ2n) is 7.70. The van der Waals surface area contributed by atoms with Gasteiger partial charge in [-0.3, -0.25) is 9.59 Å². The lowest BCUT2D eigenvalue weighted by Crippen LogP contribution is -2.48.